The lowest BCUT2D eigenvalue weighted by molar-refractivity contribution is -0.128. The molecule has 1 aromatic rings. The van der Waals surface area contributed by atoms with Crippen molar-refractivity contribution >= 4 is 17.2 Å². The Labute approximate surface area is 123 Å². The van der Waals surface area contributed by atoms with Crippen LogP contribution in [0.1, 0.15) is 36.9 Å². The highest BCUT2D eigenvalue weighted by Gasteiger charge is 2.31. The molecule has 0 aliphatic heterocycles. The van der Waals surface area contributed by atoms with E-state index in [0.717, 1.165) is 30.0 Å². The summed E-state index contributed by atoms with van der Waals surface area (Å²) in [5.74, 6) is 0.0950. The second-order valence-corrected chi connectivity index (χ2v) is 6.19. The number of rotatable bonds is 5. The number of carbonyl (C=O) groups excluding carboxylic acids is 1. The second kappa shape index (κ2) is 7.15. The van der Waals surface area contributed by atoms with Gasteiger partial charge in [-0.15, -0.1) is 11.3 Å². The maximum Gasteiger partial charge on any atom is 0.223 e. The number of hydrogen-bond donors (Lipinski definition) is 2. The second-order valence-electron chi connectivity index (χ2n) is 5.25. The van der Waals surface area contributed by atoms with Crippen molar-refractivity contribution < 1.29 is 9.53 Å². The highest BCUT2D eigenvalue weighted by atomic mass is 32.1. The molecule has 0 spiro atoms. The zero-order valence-corrected chi connectivity index (χ0v) is 12.9. The van der Waals surface area contributed by atoms with Crippen LogP contribution in [0, 0.1) is 5.92 Å². The monoisotopic (exact) mass is 297 g/mol. The first-order chi connectivity index (χ1) is 9.63. The van der Waals surface area contributed by atoms with E-state index in [1.54, 1.807) is 18.4 Å². The van der Waals surface area contributed by atoms with E-state index in [2.05, 4.69) is 17.2 Å². The smallest absolute Gasteiger partial charge is 0.223 e. The van der Waals surface area contributed by atoms with Gasteiger partial charge in [0.25, 0.3) is 0 Å². The van der Waals surface area contributed by atoms with E-state index in [0.29, 0.717) is 13.0 Å². The number of hydrogen-bond acceptors (Lipinski definition) is 5. The number of aryl methyl sites for hydroxylation is 1. The van der Waals surface area contributed by atoms with E-state index in [4.69, 9.17) is 10.5 Å². The quantitative estimate of drug-likeness (QED) is 0.862. The van der Waals surface area contributed by atoms with E-state index < -0.39 is 0 Å². The van der Waals surface area contributed by atoms with Crippen molar-refractivity contribution in [3.05, 3.63) is 16.1 Å². The van der Waals surface area contributed by atoms with Crippen LogP contribution in [0.3, 0.4) is 0 Å². The summed E-state index contributed by atoms with van der Waals surface area (Å²) in [4.78, 5) is 16.6. The summed E-state index contributed by atoms with van der Waals surface area (Å²) in [5, 5.41) is 5.99. The van der Waals surface area contributed by atoms with Gasteiger partial charge in [0.15, 0.2) is 0 Å². The van der Waals surface area contributed by atoms with Crippen molar-refractivity contribution in [2.24, 2.45) is 11.7 Å². The van der Waals surface area contributed by atoms with Gasteiger partial charge < -0.3 is 15.8 Å². The number of nitrogens with zero attached hydrogens (tertiary/aromatic N) is 1. The molecule has 112 valence electrons. The number of ether oxygens (including phenoxy) is 1. The summed E-state index contributed by atoms with van der Waals surface area (Å²) in [5.41, 5.74) is 7.06. The molecule has 6 heteroatoms. The van der Waals surface area contributed by atoms with Gasteiger partial charge in [0, 0.05) is 24.4 Å². The topological polar surface area (TPSA) is 77.2 Å². The van der Waals surface area contributed by atoms with Crippen molar-refractivity contribution in [2.75, 3.05) is 7.11 Å². The molecule has 0 aromatic carbocycles. The fourth-order valence-electron chi connectivity index (χ4n) is 2.56. The van der Waals surface area contributed by atoms with Crippen molar-refractivity contribution in [1.29, 1.82) is 0 Å². The fourth-order valence-corrected chi connectivity index (χ4v) is 3.38. The van der Waals surface area contributed by atoms with E-state index in [-0.39, 0.29) is 24.0 Å². The number of nitrogens with two attached hydrogens (primary N) is 1. The van der Waals surface area contributed by atoms with Gasteiger partial charge in [0.1, 0.15) is 5.01 Å². The molecule has 1 aliphatic carbocycles. The third-order valence-electron chi connectivity index (χ3n) is 3.89. The molecular weight excluding hydrogens is 274 g/mol. The Balaban J connectivity index is 1.82. The van der Waals surface area contributed by atoms with Gasteiger partial charge in [-0.2, -0.15) is 0 Å². The van der Waals surface area contributed by atoms with Gasteiger partial charge in [0.2, 0.25) is 5.91 Å². The summed E-state index contributed by atoms with van der Waals surface area (Å²) in [6.45, 7) is 2.59. The third kappa shape index (κ3) is 3.77. The van der Waals surface area contributed by atoms with Crippen LogP contribution >= 0.6 is 11.3 Å². The largest absolute Gasteiger partial charge is 0.380 e. The predicted molar refractivity (Wildman–Crippen MR) is 79.5 cm³/mol. The van der Waals surface area contributed by atoms with Crippen molar-refractivity contribution in [3.63, 3.8) is 0 Å². The van der Waals surface area contributed by atoms with Crippen LogP contribution < -0.4 is 11.1 Å². The molecule has 1 aliphatic rings. The molecule has 20 heavy (non-hydrogen) atoms. The van der Waals surface area contributed by atoms with E-state index in [1.807, 2.05) is 5.38 Å². The van der Waals surface area contributed by atoms with E-state index in [1.165, 1.54) is 0 Å². The molecule has 0 saturated heterocycles. The highest BCUT2D eigenvalue weighted by Crippen LogP contribution is 2.25. The number of thiazole rings is 1. The molecule has 1 fully saturated rings. The molecule has 0 radical (unpaired) electrons. The van der Waals surface area contributed by atoms with Gasteiger partial charge in [0.05, 0.1) is 18.3 Å². The lowest BCUT2D eigenvalue weighted by atomic mass is 9.83. The van der Waals surface area contributed by atoms with Crippen LogP contribution in [0.25, 0.3) is 0 Å². The van der Waals surface area contributed by atoms with E-state index in [9.17, 15) is 4.79 Å². The minimum atomic E-state index is -0.00828. The van der Waals surface area contributed by atoms with Gasteiger partial charge in [-0.05, 0) is 25.7 Å². The number of nitrogens with one attached hydrogen (secondary N) is 1. The Kier molecular flexibility index (Phi) is 5.51. The standard InChI is InChI=1S/C14H23N3O2S/c1-3-10-8-20-13(17-10)7-16-14(18)9-4-5-11(15)12(6-9)19-2/h8-9,11-12H,3-7,15H2,1-2H3,(H,16,18)/t9-,11-,12-/m0/s1. The van der Waals surface area contributed by atoms with Gasteiger partial charge in [-0.25, -0.2) is 4.98 Å². The Morgan fingerprint density at radius 2 is 2.40 bits per heavy atom. The van der Waals surface area contributed by atoms with Crippen molar-refractivity contribution in [1.82, 2.24) is 10.3 Å². The molecule has 3 atom stereocenters. The molecule has 1 aromatic heterocycles. The Bertz CT molecular complexity index is 449. The minimum absolute atomic E-state index is 0.00496. The normalized spacial score (nSPS) is 26.4. The first-order valence-corrected chi connectivity index (χ1v) is 8.01. The van der Waals surface area contributed by atoms with Crippen LogP contribution in [-0.2, 0) is 22.5 Å². The highest BCUT2D eigenvalue weighted by molar-refractivity contribution is 7.09. The maximum absolute atomic E-state index is 12.2. The van der Waals surface area contributed by atoms with Crippen LogP contribution in [0.5, 0.6) is 0 Å². The number of amides is 1. The minimum Gasteiger partial charge on any atom is -0.380 e. The third-order valence-corrected chi connectivity index (χ3v) is 4.79. The zero-order valence-electron chi connectivity index (χ0n) is 12.1. The maximum atomic E-state index is 12.2. The number of carbonyl (C=O) groups is 1. The SMILES string of the molecule is CCc1csc(CNC(=O)[C@H]2CC[C@H](N)[C@@H](OC)C2)n1. The summed E-state index contributed by atoms with van der Waals surface area (Å²) >= 11 is 1.60. The van der Waals surface area contributed by atoms with Gasteiger partial charge >= 0.3 is 0 Å². The van der Waals surface area contributed by atoms with Crippen LogP contribution in [-0.4, -0.2) is 30.1 Å². The van der Waals surface area contributed by atoms with Crippen molar-refractivity contribution in [3.8, 4) is 0 Å². The summed E-state index contributed by atoms with van der Waals surface area (Å²) in [6, 6.07) is 0.0510. The van der Waals surface area contributed by atoms with E-state index >= 15 is 0 Å². The average Bonchev–Trinajstić information content (AvgIpc) is 2.93. The Morgan fingerprint density at radius 3 is 3.05 bits per heavy atom. The summed E-state index contributed by atoms with van der Waals surface area (Å²) < 4.78 is 5.35. The van der Waals surface area contributed by atoms with Gasteiger partial charge in [-0.3, -0.25) is 4.79 Å². The fraction of sp³-hybridized carbons (Fsp3) is 0.714. The molecule has 2 rings (SSSR count). The average molecular weight is 297 g/mol. The first-order valence-electron chi connectivity index (χ1n) is 7.13. The van der Waals surface area contributed by atoms with Crippen LogP contribution in [0.4, 0.5) is 0 Å². The van der Waals surface area contributed by atoms with Crippen molar-refractivity contribution in [2.45, 2.75) is 51.3 Å². The molecule has 0 bridgehead atoms. The molecule has 3 N–H and O–H groups in total. The lowest BCUT2D eigenvalue weighted by Gasteiger charge is -2.32. The molecule has 5 nitrogen and oxygen atoms in total. The van der Waals surface area contributed by atoms with Crippen LogP contribution in [0.15, 0.2) is 5.38 Å². The molecule has 0 unspecified atom stereocenters. The summed E-state index contributed by atoms with van der Waals surface area (Å²) in [7, 11) is 1.66. The number of aromatic nitrogens is 1. The summed E-state index contributed by atoms with van der Waals surface area (Å²) in [6.07, 6.45) is 3.31. The first kappa shape index (κ1) is 15.4. The zero-order chi connectivity index (χ0) is 14.5. The van der Waals surface area contributed by atoms with Crippen LogP contribution in [0.2, 0.25) is 0 Å². The Hall–Kier alpha value is -0.980. The van der Waals surface area contributed by atoms with Gasteiger partial charge in [-0.1, -0.05) is 6.92 Å². The lowest BCUT2D eigenvalue weighted by Crippen LogP contribution is -2.45. The Morgan fingerprint density at radius 1 is 1.60 bits per heavy atom. The predicted octanol–water partition coefficient (Wildman–Crippen LogP) is 1.46. The molecule has 1 saturated carbocycles. The molecular formula is C14H23N3O2S. The molecule has 1 heterocycles. The molecule has 1 amide bonds. The number of methoxy groups -OCH3 is 1.